The van der Waals surface area contributed by atoms with Crippen molar-refractivity contribution in [2.75, 3.05) is 13.3 Å². The summed E-state index contributed by atoms with van der Waals surface area (Å²) < 4.78 is 16.8. The van der Waals surface area contributed by atoms with Crippen molar-refractivity contribution in [3.8, 4) is 17.2 Å². The summed E-state index contributed by atoms with van der Waals surface area (Å²) in [7, 11) is 0. The Bertz CT molecular complexity index is 440. The summed E-state index contributed by atoms with van der Waals surface area (Å²) in [6.45, 7) is 9.80. The summed E-state index contributed by atoms with van der Waals surface area (Å²) >= 11 is 0. The molecule has 0 aliphatic carbocycles. The van der Waals surface area contributed by atoms with Gasteiger partial charge in [0.05, 0.1) is 0 Å². The van der Waals surface area contributed by atoms with Crippen molar-refractivity contribution in [3.05, 3.63) is 18.2 Å². The van der Waals surface area contributed by atoms with Gasteiger partial charge in [-0.2, -0.15) is 0 Å². The van der Waals surface area contributed by atoms with Crippen molar-refractivity contribution >= 4 is 0 Å². The Balaban J connectivity index is 1.96. The summed E-state index contributed by atoms with van der Waals surface area (Å²) in [6, 6.07) is 5.74. The highest BCUT2D eigenvalue weighted by Crippen LogP contribution is 2.35. The van der Waals surface area contributed by atoms with Gasteiger partial charge in [-0.25, -0.2) is 0 Å². The fraction of sp³-hybridized carbons (Fsp3) is 0.625. The molecule has 0 bridgehead atoms. The summed E-state index contributed by atoms with van der Waals surface area (Å²) in [5.74, 6) is 2.39. The molecule has 1 aromatic rings. The lowest BCUT2D eigenvalue weighted by Gasteiger charge is -2.26. The van der Waals surface area contributed by atoms with Gasteiger partial charge in [0.25, 0.3) is 0 Å². The minimum Gasteiger partial charge on any atom is -0.489 e. The maximum absolute atomic E-state index is 6.08. The zero-order chi connectivity index (χ0) is 14.6. The average molecular weight is 279 g/mol. The smallest absolute Gasteiger partial charge is 0.231 e. The minimum atomic E-state index is 0.101. The summed E-state index contributed by atoms with van der Waals surface area (Å²) in [4.78, 5) is 0. The Morgan fingerprint density at radius 2 is 2.00 bits per heavy atom. The molecule has 0 spiro atoms. The molecule has 1 unspecified atom stereocenters. The number of rotatable bonds is 6. The molecule has 0 amide bonds. The van der Waals surface area contributed by atoms with E-state index in [0.29, 0.717) is 6.79 Å². The quantitative estimate of drug-likeness (QED) is 0.867. The Morgan fingerprint density at radius 1 is 1.25 bits per heavy atom. The number of fused-ring (bicyclic) bond motifs is 1. The van der Waals surface area contributed by atoms with Crippen molar-refractivity contribution in [1.29, 1.82) is 0 Å². The topological polar surface area (TPSA) is 39.7 Å². The number of hydrogen-bond acceptors (Lipinski definition) is 4. The van der Waals surface area contributed by atoms with Crippen LogP contribution in [0.25, 0.3) is 0 Å². The van der Waals surface area contributed by atoms with Crippen LogP contribution in [-0.2, 0) is 0 Å². The van der Waals surface area contributed by atoms with E-state index in [1.165, 1.54) is 0 Å². The van der Waals surface area contributed by atoms with Gasteiger partial charge in [0, 0.05) is 18.2 Å². The highest BCUT2D eigenvalue weighted by Gasteiger charge is 2.18. The van der Waals surface area contributed by atoms with Crippen LogP contribution in [0.15, 0.2) is 18.2 Å². The van der Waals surface area contributed by atoms with Crippen LogP contribution in [-0.4, -0.2) is 25.0 Å². The highest BCUT2D eigenvalue weighted by molar-refractivity contribution is 5.46. The van der Waals surface area contributed by atoms with Crippen LogP contribution in [0.3, 0.4) is 0 Å². The molecule has 1 atom stereocenters. The largest absolute Gasteiger partial charge is 0.489 e. The van der Waals surface area contributed by atoms with E-state index in [4.69, 9.17) is 14.2 Å². The molecule has 0 saturated carbocycles. The van der Waals surface area contributed by atoms with Gasteiger partial charge in [-0.3, -0.25) is 0 Å². The molecule has 0 aromatic heterocycles. The van der Waals surface area contributed by atoms with E-state index in [9.17, 15) is 0 Å². The fourth-order valence-electron chi connectivity index (χ4n) is 2.09. The molecule has 20 heavy (non-hydrogen) atoms. The SMILES string of the molecule is CCCC(CNC(C)(C)C)Oc1ccc2c(c1)OCO2. The molecule has 1 N–H and O–H groups in total. The van der Waals surface area contributed by atoms with Gasteiger partial charge in [0.1, 0.15) is 11.9 Å². The molecular weight excluding hydrogens is 254 g/mol. The molecule has 0 fully saturated rings. The van der Waals surface area contributed by atoms with E-state index >= 15 is 0 Å². The van der Waals surface area contributed by atoms with Crippen molar-refractivity contribution in [2.45, 2.75) is 52.2 Å². The van der Waals surface area contributed by atoms with E-state index in [2.05, 4.69) is 33.0 Å². The van der Waals surface area contributed by atoms with E-state index in [1.807, 2.05) is 18.2 Å². The Labute approximate surface area is 121 Å². The molecule has 1 aliphatic heterocycles. The first-order valence-electron chi connectivity index (χ1n) is 7.29. The maximum atomic E-state index is 6.08. The Kier molecular flexibility index (Phi) is 4.76. The third kappa shape index (κ3) is 4.30. The number of ether oxygens (including phenoxy) is 3. The summed E-state index contributed by atoms with van der Waals surface area (Å²) in [6.07, 6.45) is 2.29. The molecule has 2 rings (SSSR count). The van der Waals surface area contributed by atoms with Crippen molar-refractivity contribution in [3.63, 3.8) is 0 Å². The molecule has 0 saturated heterocycles. The van der Waals surface area contributed by atoms with Gasteiger partial charge >= 0.3 is 0 Å². The Hall–Kier alpha value is -1.42. The molecule has 4 heteroatoms. The predicted octanol–water partition coefficient (Wildman–Crippen LogP) is 3.35. The van der Waals surface area contributed by atoms with E-state index in [-0.39, 0.29) is 11.6 Å². The maximum Gasteiger partial charge on any atom is 0.231 e. The molecule has 1 aliphatic rings. The first-order valence-corrected chi connectivity index (χ1v) is 7.29. The van der Waals surface area contributed by atoms with Crippen molar-refractivity contribution in [2.24, 2.45) is 0 Å². The molecule has 0 radical (unpaired) electrons. The van der Waals surface area contributed by atoms with Gasteiger partial charge in [0.2, 0.25) is 6.79 Å². The summed E-state index contributed by atoms with van der Waals surface area (Å²) in [5.41, 5.74) is 0.101. The van der Waals surface area contributed by atoms with Gasteiger partial charge in [-0.15, -0.1) is 0 Å². The molecular formula is C16H25NO3. The van der Waals surface area contributed by atoms with Crippen LogP contribution in [0.4, 0.5) is 0 Å². The third-order valence-corrected chi connectivity index (χ3v) is 3.12. The normalized spacial score (nSPS) is 15.2. The van der Waals surface area contributed by atoms with Crippen LogP contribution in [0.1, 0.15) is 40.5 Å². The monoisotopic (exact) mass is 279 g/mol. The Morgan fingerprint density at radius 3 is 2.70 bits per heavy atom. The lowest BCUT2D eigenvalue weighted by atomic mass is 10.1. The van der Waals surface area contributed by atoms with Gasteiger partial charge in [0.15, 0.2) is 11.5 Å². The third-order valence-electron chi connectivity index (χ3n) is 3.12. The second-order valence-electron chi connectivity index (χ2n) is 6.17. The average Bonchev–Trinajstić information content (AvgIpc) is 2.82. The number of nitrogens with one attached hydrogen (secondary N) is 1. The lowest BCUT2D eigenvalue weighted by molar-refractivity contribution is 0.170. The second kappa shape index (κ2) is 6.35. The zero-order valence-corrected chi connectivity index (χ0v) is 12.9. The first-order chi connectivity index (χ1) is 9.48. The van der Waals surface area contributed by atoms with E-state index < -0.39 is 0 Å². The molecule has 1 aromatic carbocycles. The molecule has 1 heterocycles. The van der Waals surface area contributed by atoms with E-state index in [0.717, 1.165) is 36.6 Å². The van der Waals surface area contributed by atoms with Crippen molar-refractivity contribution < 1.29 is 14.2 Å². The van der Waals surface area contributed by atoms with Gasteiger partial charge in [-0.1, -0.05) is 13.3 Å². The van der Waals surface area contributed by atoms with Crippen LogP contribution in [0.5, 0.6) is 17.2 Å². The molecule has 4 nitrogen and oxygen atoms in total. The predicted molar refractivity (Wildman–Crippen MR) is 79.6 cm³/mol. The number of benzene rings is 1. The van der Waals surface area contributed by atoms with Crippen LogP contribution < -0.4 is 19.5 Å². The first kappa shape index (κ1) is 15.0. The van der Waals surface area contributed by atoms with Gasteiger partial charge in [-0.05, 0) is 39.3 Å². The fourth-order valence-corrected chi connectivity index (χ4v) is 2.09. The van der Waals surface area contributed by atoms with Crippen LogP contribution in [0, 0.1) is 0 Å². The van der Waals surface area contributed by atoms with Gasteiger partial charge < -0.3 is 19.5 Å². The molecule has 112 valence electrons. The summed E-state index contributed by atoms with van der Waals surface area (Å²) in [5, 5.41) is 3.50. The van der Waals surface area contributed by atoms with Crippen LogP contribution in [0.2, 0.25) is 0 Å². The van der Waals surface area contributed by atoms with E-state index in [1.54, 1.807) is 0 Å². The van der Waals surface area contributed by atoms with Crippen molar-refractivity contribution in [1.82, 2.24) is 5.32 Å². The second-order valence-corrected chi connectivity index (χ2v) is 6.17. The lowest BCUT2D eigenvalue weighted by Crippen LogP contribution is -2.42. The highest BCUT2D eigenvalue weighted by atomic mass is 16.7. The minimum absolute atomic E-state index is 0.101. The van der Waals surface area contributed by atoms with Crippen LogP contribution >= 0.6 is 0 Å². The number of hydrogen-bond donors (Lipinski definition) is 1. The zero-order valence-electron chi connectivity index (χ0n) is 12.9. The standard InChI is InChI=1S/C16H25NO3/c1-5-6-13(10-17-16(2,3)4)20-12-7-8-14-15(9-12)19-11-18-14/h7-9,13,17H,5-6,10-11H2,1-4H3.